The van der Waals surface area contributed by atoms with Crippen LogP contribution in [0.1, 0.15) is 23.7 Å². The number of rotatable bonds is 7. The van der Waals surface area contributed by atoms with E-state index >= 15 is 0 Å². The molecule has 0 aliphatic carbocycles. The Hall–Kier alpha value is -1.59. The monoisotopic (exact) mass is 360 g/mol. The van der Waals surface area contributed by atoms with Gasteiger partial charge in [-0.1, -0.05) is 41.9 Å². The van der Waals surface area contributed by atoms with Gasteiger partial charge in [-0.25, -0.2) is 0 Å². The number of hydrogen-bond donors (Lipinski definition) is 1. The van der Waals surface area contributed by atoms with Crippen molar-refractivity contribution < 1.29 is 9.47 Å². The summed E-state index contributed by atoms with van der Waals surface area (Å²) in [6.07, 6.45) is 0.601. The Labute approximate surface area is 154 Å². The normalized spacial score (nSPS) is 19.5. The zero-order valence-corrected chi connectivity index (χ0v) is 15.5. The molecule has 1 aliphatic heterocycles. The van der Waals surface area contributed by atoms with Crippen LogP contribution in [0.15, 0.2) is 48.5 Å². The summed E-state index contributed by atoms with van der Waals surface area (Å²) in [5, 5.41) is 4.11. The molecule has 0 saturated carbocycles. The summed E-state index contributed by atoms with van der Waals surface area (Å²) < 4.78 is 12.2. The average molecular weight is 361 g/mol. The Bertz CT molecular complexity index is 679. The summed E-state index contributed by atoms with van der Waals surface area (Å²) in [5.41, 5.74) is 2.08. The van der Waals surface area contributed by atoms with Crippen LogP contribution in [0.4, 0.5) is 0 Å². The lowest BCUT2D eigenvalue weighted by Gasteiger charge is -2.33. The molecule has 0 saturated heterocycles. The molecule has 1 heterocycles. The van der Waals surface area contributed by atoms with Crippen molar-refractivity contribution in [1.82, 2.24) is 10.2 Å². The summed E-state index contributed by atoms with van der Waals surface area (Å²) in [5.74, 6) is 0.838. The average Bonchev–Trinajstić information content (AvgIpc) is 2.61. The molecule has 0 spiro atoms. The molecule has 1 aliphatic rings. The second-order valence-corrected chi connectivity index (χ2v) is 6.95. The molecule has 4 nitrogen and oxygen atoms in total. The van der Waals surface area contributed by atoms with Crippen LogP contribution in [0.5, 0.6) is 5.75 Å². The number of halogens is 1. The van der Waals surface area contributed by atoms with Gasteiger partial charge in [-0.05, 0) is 57.4 Å². The number of hydrogen-bond acceptors (Lipinski definition) is 4. The first-order valence-corrected chi connectivity index (χ1v) is 9.03. The third-order valence-electron chi connectivity index (χ3n) is 4.17. The van der Waals surface area contributed by atoms with Gasteiger partial charge in [-0.2, -0.15) is 0 Å². The molecule has 3 rings (SSSR count). The van der Waals surface area contributed by atoms with Crippen molar-refractivity contribution in [1.29, 1.82) is 0 Å². The highest BCUT2D eigenvalue weighted by Gasteiger charge is 2.30. The van der Waals surface area contributed by atoms with Gasteiger partial charge in [0.15, 0.2) is 0 Å². The number of nitrogens with one attached hydrogen (secondary N) is 1. The van der Waals surface area contributed by atoms with Crippen LogP contribution in [0, 0.1) is 0 Å². The van der Waals surface area contributed by atoms with E-state index in [0.29, 0.717) is 11.6 Å². The van der Waals surface area contributed by atoms with Gasteiger partial charge in [0.05, 0.1) is 6.54 Å². The van der Waals surface area contributed by atoms with Crippen LogP contribution < -0.4 is 10.1 Å². The predicted octanol–water partition coefficient (Wildman–Crippen LogP) is 3.71. The molecule has 2 unspecified atom stereocenters. The first-order chi connectivity index (χ1) is 12.1. The maximum atomic E-state index is 6.23. The third-order valence-corrected chi connectivity index (χ3v) is 4.41. The predicted molar refractivity (Wildman–Crippen MR) is 101 cm³/mol. The lowest BCUT2D eigenvalue weighted by atomic mass is 9.99. The van der Waals surface area contributed by atoms with Gasteiger partial charge >= 0.3 is 0 Å². The molecule has 0 bridgehead atoms. The number of nitrogens with zero attached hydrogens (tertiary/aromatic N) is 1. The van der Waals surface area contributed by atoms with Crippen molar-refractivity contribution in [3.05, 3.63) is 64.7 Å². The molecular weight excluding hydrogens is 336 g/mol. The van der Waals surface area contributed by atoms with Gasteiger partial charge < -0.3 is 19.7 Å². The SMILES string of the molecule is CN(C)CCCNCC1Oc2ccc(Cl)cc2C(c2ccccc2)O1. The number of fused-ring (bicyclic) bond motifs is 1. The van der Waals surface area contributed by atoms with Crippen molar-refractivity contribution >= 4 is 11.6 Å². The summed E-state index contributed by atoms with van der Waals surface area (Å²) in [6, 6.07) is 15.9. The minimum absolute atomic E-state index is 0.169. The van der Waals surface area contributed by atoms with Crippen molar-refractivity contribution in [3.63, 3.8) is 0 Å². The van der Waals surface area contributed by atoms with Crippen LogP contribution in [0.3, 0.4) is 0 Å². The lowest BCUT2D eigenvalue weighted by Crippen LogP contribution is -2.38. The van der Waals surface area contributed by atoms with Crippen molar-refractivity contribution in [2.75, 3.05) is 33.7 Å². The minimum Gasteiger partial charge on any atom is -0.463 e. The van der Waals surface area contributed by atoms with Gasteiger partial charge in [-0.15, -0.1) is 0 Å². The van der Waals surface area contributed by atoms with E-state index < -0.39 is 0 Å². The third kappa shape index (κ3) is 4.95. The van der Waals surface area contributed by atoms with Gasteiger partial charge in [-0.3, -0.25) is 0 Å². The molecule has 0 radical (unpaired) electrons. The Morgan fingerprint density at radius 3 is 2.68 bits per heavy atom. The highest BCUT2D eigenvalue weighted by atomic mass is 35.5. The minimum atomic E-state index is -0.321. The first kappa shape index (κ1) is 18.2. The van der Waals surface area contributed by atoms with E-state index in [-0.39, 0.29) is 12.4 Å². The van der Waals surface area contributed by atoms with Crippen LogP contribution in [-0.2, 0) is 4.74 Å². The molecule has 0 fully saturated rings. The van der Waals surface area contributed by atoms with Crippen molar-refractivity contribution in [2.45, 2.75) is 18.8 Å². The van der Waals surface area contributed by atoms with Gasteiger partial charge in [0, 0.05) is 10.6 Å². The maximum absolute atomic E-state index is 6.23. The molecule has 5 heteroatoms. The van der Waals surface area contributed by atoms with Crippen LogP contribution in [-0.4, -0.2) is 44.9 Å². The van der Waals surface area contributed by atoms with Crippen molar-refractivity contribution in [2.24, 2.45) is 0 Å². The second-order valence-electron chi connectivity index (χ2n) is 6.52. The summed E-state index contributed by atoms with van der Waals surface area (Å²) in [6.45, 7) is 2.65. The molecule has 2 aromatic rings. The van der Waals surface area contributed by atoms with E-state index in [2.05, 4.69) is 36.4 Å². The van der Waals surface area contributed by atoms with Crippen LogP contribution in [0.2, 0.25) is 5.02 Å². The first-order valence-electron chi connectivity index (χ1n) is 8.65. The van der Waals surface area contributed by atoms with E-state index in [4.69, 9.17) is 21.1 Å². The topological polar surface area (TPSA) is 33.7 Å². The summed E-state index contributed by atoms with van der Waals surface area (Å²) in [4.78, 5) is 2.18. The molecule has 2 aromatic carbocycles. The van der Waals surface area contributed by atoms with Crippen LogP contribution >= 0.6 is 11.6 Å². The fourth-order valence-corrected chi connectivity index (χ4v) is 3.12. The fourth-order valence-electron chi connectivity index (χ4n) is 2.94. The van der Waals surface area contributed by atoms with E-state index in [1.54, 1.807) is 0 Å². The number of ether oxygens (including phenoxy) is 2. The Balaban J connectivity index is 1.69. The molecule has 1 N–H and O–H groups in total. The fraction of sp³-hybridized carbons (Fsp3) is 0.400. The molecular formula is C20H25ClN2O2. The lowest BCUT2D eigenvalue weighted by molar-refractivity contribution is -0.124. The second kappa shape index (κ2) is 8.68. The van der Waals surface area contributed by atoms with E-state index in [0.717, 1.165) is 36.4 Å². The van der Waals surface area contributed by atoms with Crippen molar-refractivity contribution in [3.8, 4) is 5.75 Å². The highest BCUT2D eigenvalue weighted by molar-refractivity contribution is 6.30. The Morgan fingerprint density at radius 1 is 1.12 bits per heavy atom. The van der Waals surface area contributed by atoms with E-state index in [9.17, 15) is 0 Å². The smallest absolute Gasteiger partial charge is 0.213 e. The van der Waals surface area contributed by atoms with Gasteiger partial charge in [0.1, 0.15) is 11.9 Å². The summed E-state index contributed by atoms with van der Waals surface area (Å²) >= 11 is 6.18. The molecule has 25 heavy (non-hydrogen) atoms. The zero-order valence-electron chi connectivity index (χ0n) is 14.7. The van der Waals surface area contributed by atoms with Crippen LogP contribution in [0.25, 0.3) is 0 Å². The Morgan fingerprint density at radius 2 is 1.92 bits per heavy atom. The molecule has 2 atom stereocenters. The standard InChI is InChI=1S/C20H25ClN2O2/c1-23(2)12-6-11-22-14-19-24-18-10-9-16(21)13-17(18)20(25-19)15-7-4-3-5-8-15/h3-5,7-10,13,19-20,22H,6,11-12,14H2,1-2H3. The Kier molecular flexibility index (Phi) is 6.32. The molecule has 0 aromatic heterocycles. The number of benzene rings is 2. The zero-order chi connectivity index (χ0) is 17.6. The van der Waals surface area contributed by atoms with Gasteiger partial charge in [0.2, 0.25) is 6.29 Å². The molecule has 0 amide bonds. The summed E-state index contributed by atoms with van der Waals surface area (Å²) in [7, 11) is 4.17. The van der Waals surface area contributed by atoms with E-state index in [1.165, 1.54) is 0 Å². The quantitative estimate of drug-likeness (QED) is 0.763. The maximum Gasteiger partial charge on any atom is 0.213 e. The van der Waals surface area contributed by atoms with Gasteiger partial charge in [0.25, 0.3) is 0 Å². The highest BCUT2D eigenvalue weighted by Crippen LogP contribution is 2.39. The van der Waals surface area contributed by atoms with E-state index in [1.807, 2.05) is 36.4 Å². The largest absolute Gasteiger partial charge is 0.463 e. The molecule has 134 valence electrons.